The maximum atomic E-state index is 12.2. The fourth-order valence-corrected chi connectivity index (χ4v) is 5.95. The average molecular weight is 422 g/mol. The molecule has 1 unspecified atom stereocenters. The molecule has 0 aromatic heterocycles. The Morgan fingerprint density at radius 1 is 1.35 bits per heavy atom. The lowest BCUT2D eigenvalue weighted by atomic mass is 9.49. The van der Waals surface area contributed by atoms with Crippen molar-refractivity contribution in [2.45, 2.75) is 64.7 Å². The number of oxime groups is 1. The molecule has 0 saturated heterocycles. The van der Waals surface area contributed by atoms with Gasteiger partial charge in [-0.05, 0) is 66.7 Å². The van der Waals surface area contributed by atoms with Crippen molar-refractivity contribution in [1.29, 1.82) is 0 Å². The van der Waals surface area contributed by atoms with Crippen molar-refractivity contribution in [3.8, 4) is 0 Å². The smallest absolute Gasteiger partial charge is 0.309 e. The first kappa shape index (κ1) is 19.4. The van der Waals surface area contributed by atoms with Crippen LogP contribution in [0.2, 0.25) is 0 Å². The SMILES string of the molecule is CO/N=C1\CC2[C@](C)(C(=O)O)CCC[C@]2(C)c2cc(Br)c(C(C)C)cc21. The molecule has 1 N–H and O–H groups in total. The van der Waals surface area contributed by atoms with E-state index in [0.29, 0.717) is 18.8 Å². The third-order valence-electron chi connectivity index (χ3n) is 6.70. The van der Waals surface area contributed by atoms with E-state index < -0.39 is 11.4 Å². The van der Waals surface area contributed by atoms with Gasteiger partial charge >= 0.3 is 5.97 Å². The summed E-state index contributed by atoms with van der Waals surface area (Å²) in [6, 6.07) is 4.42. The van der Waals surface area contributed by atoms with Crippen LogP contribution < -0.4 is 0 Å². The molecule has 2 aliphatic carbocycles. The van der Waals surface area contributed by atoms with Gasteiger partial charge < -0.3 is 9.94 Å². The Bertz CT molecular complexity index is 773. The highest BCUT2D eigenvalue weighted by molar-refractivity contribution is 9.10. The Morgan fingerprint density at radius 2 is 2.04 bits per heavy atom. The van der Waals surface area contributed by atoms with Crippen molar-refractivity contribution in [3.63, 3.8) is 0 Å². The number of hydrogen-bond acceptors (Lipinski definition) is 3. The van der Waals surface area contributed by atoms with Gasteiger partial charge in [-0.1, -0.05) is 48.3 Å². The molecule has 26 heavy (non-hydrogen) atoms. The quantitative estimate of drug-likeness (QED) is 0.657. The molecule has 0 radical (unpaired) electrons. The van der Waals surface area contributed by atoms with Gasteiger partial charge in [-0.3, -0.25) is 4.79 Å². The summed E-state index contributed by atoms with van der Waals surface area (Å²) < 4.78 is 1.09. The van der Waals surface area contributed by atoms with Crippen LogP contribution in [0.4, 0.5) is 0 Å². The lowest BCUT2D eigenvalue weighted by Gasteiger charge is -2.53. The molecule has 1 fully saturated rings. The molecule has 0 aliphatic heterocycles. The molecule has 0 bridgehead atoms. The van der Waals surface area contributed by atoms with E-state index >= 15 is 0 Å². The molecule has 1 saturated carbocycles. The summed E-state index contributed by atoms with van der Waals surface area (Å²) in [5.74, 6) is -0.314. The lowest BCUT2D eigenvalue weighted by Crippen LogP contribution is -2.53. The molecule has 3 atom stereocenters. The first-order valence-electron chi connectivity index (χ1n) is 9.33. The van der Waals surface area contributed by atoms with E-state index in [4.69, 9.17) is 4.84 Å². The van der Waals surface area contributed by atoms with Crippen molar-refractivity contribution in [1.82, 2.24) is 0 Å². The Kier molecular flexibility index (Phi) is 4.97. The summed E-state index contributed by atoms with van der Waals surface area (Å²) in [6.07, 6.45) is 3.28. The monoisotopic (exact) mass is 421 g/mol. The number of rotatable bonds is 3. The summed E-state index contributed by atoms with van der Waals surface area (Å²) >= 11 is 3.75. The summed E-state index contributed by atoms with van der Waals surface area (Å²) in [5.41, 5.74) is 3.51. The number of halogens is 1. The summed E-state index contributed by atoms with van der Waals surface area (Å²) in [7, 11) is 1.56. The maximum Gasteiger partial charge on any atom is 0.309 e. The van der Waals surface area contributed by atoms with Crippen molar-refractivity contribution in [2.24, 2.45) is 16.5 Å². The second-order valence-electron chi connectivity index (χ2n) is 8.54. The number of carboxylic acid groups (broad SMARTS) is 1. The van der Waals surface area contributed by atoms with E-state index in [9.17, 15) is 9.90 Å². The van der Waals surface area contributed by atoms with Gasteiger partial charge in [-0.2, -0.15) is 0 Å². The minimum Gasteiger partial charge on any atom is -0.481 e. The summed E-state index contributed by atoms with van der Waals surface area (Å²) in [6.45, 7) is 8.50. The second kappa shape index (κ2) is 6.66. The molecular weight excluding hydrogens is 394 g/mol. The van der Waals surface area contributed by atoms with Crippen molar-refractivity contribution in [3.05, 3.63) is 33.3 Å². The first-order valence-corrected chi connectivity index (χ1v) is 10.1. The third kappa shape index (κ3) is 2.79. The fourth-order valence-electron chi connectivity index (χ4n) is 5.15. The number of fused-ring (bicyclic) bond motifs is 3. The van der Waals surface area contributed by atoms with Crippen molar-refractivity contribution in [2.75, 3.05) is 7.11 Å². The van der Waals surface area contributed by atoms with Crippen LogP contribution in [0, 0.1) is 11.3 Å². The van der Waals surface area contributed by atoms with Crippen LogP contribution >= 0.6 is 15.9 Å². The third-order valence-corrected chi connectivity index (χ3v) is 7.39. The predicted molar refractivity (Wildman–Crippen MR) is 107 cm³/mol. The van der Waals surface area contributed by atoms with E-state index in [-0.39, 0.29) is 11.3 Å². The standard InChI is InChI=1S/C21H28BrNO3/c1-12(2)13-9-14-15(10-16(13)22)20(3)7-6-8-21(4,19(24)25)18(20)11-17(14)23-26-5/h9-10,12,18H,6-8,11H2,1-5H3,(H,24,25)/b23-17+/t18?,20-,21-/m1/s1. The molecule has 1 aromatic rings. The number of nitrogens with zero attached hydrogens (tertiary/aromatic N) is 1. The molecular formula is C21H28BrNO3. The molecule has 4 nitrogen and oxygen atoms in total. The molecule has 142 valence electrons. The first-order chi connectivity index (χ1) is 12.1. The number of hydrogen-bond donors (Lipinski definition) is 1. The molecule has 1 aromatic carbocycles. The highest BCUT2D eigenvalue weighted by atomic mass is 79.9. The Hall–Kier alpha value is -1.36. The van der Waals surface area contributed by atoms with Gasteiger partial charge in [0.05, 0.1) is 11.1 Å². The predicted octanol–water partition coefficient (Wildman–Crippen LogP) is 5.48. The topological polar surface area (TPSA) is 58.9 Å². The summed E-state index contributed by atoms with van der Waals surface area (Å²) in [4.78, 5) is 17.3. The van der Waals surface area contributed by atoms with Crippen LogP contribution in [0.3, 0.4) is 0 Å². The van der Waals surface area contributed by atoms with Crippen LogP contribution in [-0.2, 0) is 15.0 Å². The van der Waals surface area contributed by atoms with Crippen LogP contribution in [0.15, 0.2) is 21.8 Å². The zero-order chi connectivity index (χ0) is 19.3. The van der Waals surface area contributed by atoms with Crippen LogP contribution in [-0.4, -0.2) is 23.9 Å². The van der Waals surface area contributed by atoms with Gasteiger partial charge in [0.15, 0.2) is 0 Å². The largest absolute Gasteiger partial charge is 0.481 e. The van der Waals surface area contributed by atoms with Crippen LogP contribution in [0.5, 0.6) is 0 Å². The molecule has 0 amide bonds. The van der Waals surface area contributed by atoms with Crippen molar-refractivity contribution >= 4 is 27.6 Å². The zero-order valence-electron chi connectivity index (χ0n) is 16.2. The molecule has 3 rings (SSSR count). The highest BCUT2D eigenvalue weighted by Gasteiger charge is 2.56. The van der Waals surface area contributed by atoms with Crippen LogP contribution in [0.1, 0.15) is 76.0 Å². The molecule has 2 aliphatic rings. The van der Waals surface area contributed by atoms with E-state index in [1.165, 1.54) is 11.1 Å². The molecule has 5 heteroatoms. The van der Waals surface area contributed by atoms with Crippen molar-refractivity contribution < 1.29 is 14.7 Å². The highest BCUT2D eigenvalue weighted by Crippen LogP contribution is 2.58. The van der Waals surface area contributed by atoms with E-state index in [0.717, 1.165) is 28.6 Å². The Morgan fingerprint density at radius 3 is 2.62 bits per heavy atom. The molecule has 0 heterocycles. The van der Waals surface area contributed by atoms with Gasteiger partial charge in [0.1, 0.15) is 7.11 Å². The van der Waals surface area contributed by atoms with Crippen LogP contribution in [0.25, 0.3) is 0 Å². The van der Waals surface area contributed by atoms with Gasteiger partial charge in [-0.25, -0.2) is 0 Å². The minimum absolute atomic E-state index is 0.000509. The van der Waals surface area contributed by atoms with Gasteiger partial charge in [0, 0.05) is 10.0 Å². The van der Waals surface area contributed by atoms with Gasteiger partial charge in [0.2, 0.25) is 0 Å². The number of benzene rings is 1. The van der Waals surface area contributed by atoms with E-state index in [1.54, 1.807) is 7.11 Å². The zero-order valence-corrected chi connectivity index (χ0v) is 17.8. The summed E-state index contributed by atoms with van der Waals surface area (Å²) in [5, 5.41) is 14.3. The van der Waals surface area contributed by atoms with Gasteiger partial charge in [0.25, 0.3) is 0 Å². The van der Waals surface area contributed by atoms with Gasteiger partial charge in [-0.15, -0.1) is 0 Å². The fraction of sp³-hybridized carbons (Fsp3) is 0.619. The maximum absolute atomic E-state index is 12.2. The second-order valence-corrected chi connectivity index (χ2v) is 9.40. The number of carbonyl (C=O) groups is 1. The Balaban J connectivity index is 2.26. The normalized spacial score (nSPS) is 32.3. The van der Waals surface area contributed by atoms with E-state index in [1.807, 2.05) is 6.92 Å². The average Bonchev–Trinajstić information content (AvgIpc) is 2.56. The van der Waals surface area contributed by atoms with E-state index in [2.05, 4.69) is 54.0 Å². The lowest BCUT2D eigenvalue weighted by molar-refractivity contribution is -0.156. The number of aliphatic carboxylic acids is 1. The Labute approximate surface area is 164 Å². The number of carboxylic acids is 1. The minimum atomic E-state index is -0.748. The molecule has 0 spiro atoms.